The lowest BCUT2D eigenvalue weighted by Crippen LogP contribution is -2.02. The maximum Gasteiger partial charge on any atom is 0.138 e. The number of aromatic nitrogens is 4. The van der Waals surface area contributed by atoms with E-state index in [2.05, 4.69) is 15.5 Å². The molecule has 0 atom stereocenters. The SMILES string of the molecule is Fc1ccccc1Cn1cnnn1. The molecule has 0 fully saturated rings. The van der Waals surface area contributed by atoms with E-state index in [1.807, 2.05) is 0 Å². The summed E-state index contributed by atoms with van der Waals surface area (Å²) in [5, 5.41) is 10.6. The van der Waals surface area contributed by atoms with E-state index >= 15 is 0 Å². The van der Waals surface area contributed by atoms with Crippen molar-refractivity contribution in [1.29, 1.82) is 0 Å². The molecule has 2 rings (SSSR count). The van der Waals surface area contributed by atoms with Crippen LogP contribution < -0.4 is 0 Å². The molecule has 0 aliphatic carbocycles. The van der Waals surface area contributed by atoms with Crippen molar-refractivity contribution in [3.8, 4) is 0 Å². The highest BCUT2D eigenvalue weighted by molar-refractivity contribution is 5.17. The Morgan fingerprint density at radius 2 is 2.15 bits per heavy atom. The fourth-order valence-corrected chi connectivity index (χ4v) is 1.05. The first-order valence-electron chi connectivity index (χ1n) is 3.80. The average Bonchev–Trinajstić information content (AvgIpc) is 2.61. The third-order valence-electron chi connectivity index (χ3n) is 1.68. The van der Waals surface area contributed by atoms with Crippen LogP contribution in [0, 0.1) is 5.82 Å². The molecule has 2 aromatic rings. The highest BCUT2D eigenvalue weighted by atomic mass is 19.1. The van der Waals surface area contributed by atoms with Crippen LogP contribution in [0.25, 0.3) is 0 Å². The summed E-state index contributed by atoms with van der Waals surface area (Å²) in [4.78, 5) is 0. The Morgan fingerprint density at radius 1 is 1.31 bits per heavy atom. The van der Waals surface area contributed by atoms with E-state index in [1.165, 1.54) is 17.1 Å². The van der Waals surface area contributed by atoms with Crippen LogP contribution in [-0.4, -0.2) is 20.2 Å². The van der Waals surface area contributed by atoms with Gasteiger partial charge in [0.15, 0.2) is 0 Å². The van der Waals surface area contributed by atoms with Crippen LogP contribution in [-0.2, 0) is 6.54 Å². The molecular formula is C8H7FN4. The van der Waals surface area contributed by atoms with Gasteiger partial charge in [0.25, 0.3) is 0 Å². The van der Waals surface area contributed by atoms with Crippen LogP contribution in [0.15, 0.2) is 30.6 Å². The molecule has 0 saturated heterocycles. The smallest absolute Gasteiger partial charge is 0.138 e. The lowest BCUT2D eigenvalue weighted by molar-refractivity contribution is 0.577. The van der Waals surface area contributed by atoms with E-state index < -0.39 is 0 Å². The minimum atomic E-state index is -0.238. The second kappa shape index (κ2) is 3.30. The highest BCUT2D eigenvalue weighted by Gasteiger charge is 2.01. The average molecular weight is 178 g/mol. The Hall–Kier alpha value is -1.78. The summed E-state index contributed by atoms with van der Waals surface area (Å²) in [6.07, 6.45) is 1.45. The summed E-state index contributed by atoms with van der Waals surface area (Å²) in [5.74, 6) is -0.238. The molecule has 0 aliphatic rings. The van der Waals surface area contributed by atoms with Gasteiger partial charge in [0.1, 0.15) is 12.1 Å². The van der Waals surface area contributed by atoms with Crippen molar-refractivity contribution in [3.63, 3.8) is 0 Å². The summed E-state index contributed by atoms with van der Waals surface area (Å²) in [7, 11) is 0. The van der Waals surface area contributed by atoms with Crippen molar-refractivity contribution in [2.24, 2.45) is 0 Å². The molecule has 1 aromatic carbocycles. The molecule has 0 aliphatic heterocycles. The second-order valence-corrected chi connectivity index (χ2v) is 2.60. The fourth-order valence-electron chi connectivity index (χ4n) is 1.05. The Morgan fingerprint density at radius 3 is 2.85 bits per heavy atom. The number of rotatable bonds is 2. The third-order valence-corrected chi connectivity index (χ3v) is 1.68. The zero-order chi connectivity index (χ0) is 9.10. The standard InChI is InChI=1S/C8H7FN4/c9-8-4-2-1-3-7(8)5-13-6-10-11-12-13/h1-4,6H,5H2. The first-order valence-corrected chi connectivity index (χ1v) is 3.80. The second-order valence-electron chi connectivity index (χ2n) is 2.60. The zero-order valence-corrected chi connectivity index (χ0v) is 6.76. The molecule has 0 saturated carbocycles. The highest BCUT2D eigenvalue weighted by Crippen LogP contribution is 2.06. The van der Waals surface area contributed by atoms with Gasteiger partial charge in [0.2, 0.25) is 0 Å². The van der Waals surface area contributed by atoms with Gasteiger partial charge in [-0.1, -0.05) is 18.2 Å². The summed E-state index contributed by atoms with van der Waals surface area (Å²) >= 11 is 0. The molecule has 13 heavy (non-hydrogen) atoms. The molecule has 1 aromatic heterocycles. The van der Waals surface area contributed by atoms with Gasteiger partial charge < -0.3 is 0 Å². The van der Waals surface area contributed by atoms with Crippen molar-refractivity contribution in [3.05, 3.63) is 42.0 Å². The maximum absolute atomic E-state index is 13.1. The Kier molecular flexibility index (Phi) is 1.99. The largest absolute Gasteiger partial charge is 0.228 e. The summed E-state index contributed by atoms with van der Waals surface area (Å²) < 4.78 is 14.6. The molecule has 0 N–H and O–H groups in total. The lowest BCUT2D eigenvalue weighted by Gasteiger charge is -2.00. The van der Waals surface area contributed by atoms with Crippen LogP contribution in [0.2, 0.25) is 0 Å². The normalized spacial score (nSPS) is 10.2. The number of hydrogen-bond donors (Lipinski definition) is 0. The van der Waals surface area contributed by atoms with Crippen LogP contribution in [0.4, 0.5) is 4.39 Å². The molecule has 0 spiro atoms. The number of benzene rings is 1. The first kappa shape index (κ1) is 7.85. The minimum Gasteiger partial charge on any atom is -0.228 e. The molecule has 4 nitrogen and oxygen atoms in total. The number of hydrogen-bond acceptors (Lipinski definition) is 3. The van der Waals surface area contributed by atoms with E-state index in [9.17, 15) is 4.39 Å². The minimum absolute atomic E-state index is 0.238. The summed E-state index contributed by atoms with van der Waals surface area (Å²) in [6.45, 7) is 0.361. The van der Waals surface area contributed by atoms with Crippen molar-refractivity contribution in [1.82, 2.24) is 20.2 Å². The van der Waals surface area contributed by atoms with E-state index in [4.69, 9.17) is 0 Å². The first-order chi connectivity index (χ1) is 6.36. The van der Waals surface area contributed by atoms with Crippen LogP contribution in [0.3, 0.4) is 0 Å². The zero-order valence-electron chi connectivity index (χ0n) is 6.76. The monoisotopic (exact) mass is 178 g/mol. The van der Waals surface area contributed by atoms with E-state index in [0.717, 1.165) is 0 Å². The lowest BCUT2D eigenvalue weighted by atomic mass is 10.2. The molecule has 1 heterocycles. The maximum atomic E-state index is 13.1. The van der Waals surface area contributed by atoms with Gasteiger partial charge >= 0.3 is 0 Å². The Labute approximate surface area is 74.0 Å². The molecule has 0 amide bonds. The van der Waals surface area contributed by atoms with Crippen molar-refractivity contribution in [2.45, 2.75) is 6.54 Å². The fraction of sp³-hybridized carbons (Fsp3) is 0.125. The van der Waals surface area contributed by atoms with Crippen molar-refractivity contribution in [2.75, 3.05) is 0 Å². The molecule has 0 unspecified atom stereocenters. The molecular weight excluding hydrogens is 171 g/mol. The van der Waals surface area contributed by atoms with Gasteiger partial charge in [0.05, 0.1) is 6.54 Å². The van der Waals surface area contributed by atoms with Gasteiger partial charge in [0, 0.05) is 5.56 Å². The van der Waals surface area contributed by atoms with Crippen molar-refractivity contribution < 1.29 is 4.39 Å². The topological polar surface area (TPSA) is 43.6 Å². The van der Waals surface area contributed by atoms with Crippen LogP contribution in [0.1, 0.15) is 5.56 Å². The third kappa shape index (κ3) is 1.69. The van der Waals surface area contributed by atoms with Gasteiger partial charge in [-0.15, -0.1) is 5.10 Å². The summed E-state index contributed by atoms with van der Waals surface area (Å²) in [6, 6.07) is 6.55. The quantitative estimate of drug-likeness (QED) is 0.685. The van der Waals surface area contributed by atoms with Gasteiger partial charge in [-0.3, -0.25) is 0 Å². The van der Waals surface area contributed by atoms with Crippen LogP contribution in [0.5, 0.6) is 0 Å². The van der Waals surface area contributed by atoms with E-state index in [1.54, 1.807) is 18.2 Å². The number of halogens is 1. The van der Waals surface area contributed by atoms with E-state index in [-0.39, 0.29) is 5.82 Å². The summed E-state index contributed by atoms with van der Waals surface area (Å²) in [5.41, 5.74) is 0.579. The molecule has 5 heteroatoms. The van der Waals surface area contributed by atoms with Crippen LogP contribution >= 0.6 is 0 Å². The van der Waals surface area contributed by atoms with E-state index in [0.29, 0.717) is 12.1 Å². The number of tetrazole rings is 1. The predicted octanol–water partition coefficient (Wildman–Crippen LogP) is 0.860. The molecule has 66 valence electrons. The van der Waals surface area contributed by atoms with Gasteiger partial charge in [-0.2, -0.15) is 0 Å². The molecule has 0 radical (unpaired) electrons. The Balaban J connectivity index is 2.24. The Bertz CT molecular complexity index is 385. The predicted molar refractivity (Wildman–Crippen MR) is 43.3 cm³/mol. The number of nitrogens with zero attached hydrogens (tertiary/aromatic N) is 4. The van der Waals surface area contributed by atoms with Crippen molar-refractivity contribution >= 4 is 0 Å². The van der Waals surface area contributed by atoms with Gasteiger partial charge in [-0.25, -0.2) is 9.07 Å². The van der Waals surface area contributed by atoms with Gasteiger partial charge in [-0.05, 0) is 16.5 Å². The molecule has 0 bridgehead atoms.